The van der Waals surface area contributed by atoms with Crippen LogP contribution < -0.4 is 4.74 Å². The molecule has 1 aromatic heterocycles. The zero-order valence-corrected chi connectivity index (χ0v) is 12.1. The number of ether oxygens (including phenoxy) is 1. The fraction of sp³-hybridized carbons (Fsp3) is 0. The first-order valence-corrected chi connectivity index (χ1v) is 6.92. The van der Waals surface area contributed by atoms with Crippen LogP contribution in [0.1, 0.15) is 0 Å². The van der Waals surface area contributed by atoms with Gasteiger partial charge in [-0.1, -0.05) is 48.5 Å². The van der Waals surface area contributed by atoms with E-state index in [1.54, 1.807) is 12.4 Å². The number of para-hydroxylation sites is 1. The summed E-state index contributed by atoms with van der Waals surface area (Å²) in [5.74, 6) is 0.737. The average molecular weight is 327 g/mol. The Morgan fingerprint density at radius 1 is 0.800 bits per heavy atom. The van der Waals surface area contributed by atoms with Gasteiger partial charge in [-0.05, 0) is 27.6 Å². The summed E-state index contributed by atoms with van der Waals surface area (Å²) in [6, 6.07) is 18.3. The largest absolute Gasteiger partial charge is 0.424 e. The molecule has 0 aliphatic heterocycles. The Morgan fingerprint density at radius 2 is 1.45 bits per heavy atom. The quantitative estimate of drug-likeness (QED) is 0.699. The Bertz CT molecular complexity index is 699. The molecule has 0 saturated carbocycles. The number of rotatable bonds is 3. The lowest BCUT2D eigenvalue weighted by molar-refractivity contribution is 0.443. The van der Waals surface area contributed by atoms with Crippen molar-refractivity contribution in [2.24, 2.45) is 0 Å². The molecule has 4 heteroatoms. The Morgan fingerprint density at radius 3 is 2.20 bits per heavy atom. The summed E-state index contributed by atoms with van der Waals surface area (Å²) < 4.78 is 6.60. The third-order valence-corrected chi connectivity index (χ3v) is 3.18. The van der Waals surface area contributed by atoms with Gasteiger partial charge in [0.15, 0.2) is 0 Å². The Kier molecular flexibility index (Phi) is 3.74. The van der Waals surface area contributed by atoms with Gasteiger partial charge in [-0.25, -0.2) is 9.97 Å². The van der Waals surface area contributed by atoms with Crippen molar-refractivity contribution in [3.63, 3.8) is 0 Å². The second kappa shape index (κ2) is 5.84. The number of nitrogens with zero attached hydrogens (tertiary/aromatic N) is 2. The molecule has 0 amide bonds. The summed E-state index contributed by atoms with van der Waals surface area (Å²) in [7, 11) is 0. The van der Waals surface area contributed by atoms with E-state index in [1.807, 2.05) is 54.6 Å². The van der Waals surface area contributed by atoms with Gasteiger partial charge in [-0.3, -0.25) is 0 Å². The van der Waals surface area contributed by atoms with Crippen molar-refractivity contribution >= 4 is 15.9 Å². The Balaban J connectivity index is 1.96. The zero-order chi connectivity index (χ0) is 13.8. The van der Waals surface area contributed by atoms with Gasteiger partial charge in [0.2, 0.25) is 0 Å². The molecule has 1 heterocycles. The van der Waals surface area contributed by atoms with Gasteiger partial charge in [0.05, 0.1) is 4.47 Å². The van der Waals surface area contributed by atoms with Crippen molar-refractivity contribution in [1.29, 1.82) is 0 Å². The number of aromatic nitrogens is 2. The number of benzene rings is 2. The summed E-state index contributed by atoms with van der Waals surface area (Å²) in [4.78, 5) is 8.26. The standard InChI is InChI=1S/C16H11BrN2O/c17-13-10-18-16(19-11-13)20-15-9-5-4-8-14(15)12-6-2-1-3-7-12/h1-11H. The van der Waals surface area contributed by atoms with Crippen molar-refractivity contribution in [2.45, 2.75) is 0 Å². The summed E-state index contributed by atoms with van der Waals surface area (Å²) in [5.41, 5.74) is 2.11. The molecule has 0 atom stereocenters. The Labute approximate surface area is 125 Å². The van der Waals surface area contributed by atoms with Crippen LogP contribution in [-0.2, 0) is 0 Å². The van der Waals surface area contributed by atoms with Crippen LogP contribution in [0, 0.1) is 0 Å². The molecule has 0 fully saturated rings. The molecule has 0 saturated heterocycles. The van der Waals surface area contributed by atoms with Crippen LogP contribution in [0.3, 0.4) is 0 Å². The molecule has 0 aliphatic carbocycles. The van der Waals surface area contributed by atoms with Crippen molar-refractivity contribution in [2.75, 3.05) is 0 Å². The molecule has 20 heavy (non-hydrogen) atoms. The van der Waals surface area contributed by atoms with Crippen molar-refractivity contribution in [3.8, 4) is 22.9 Å². The van der Waals surface area contributed by atoms with Gasteiger partial charge in [0.25, 0.3) is 0 Å². The minimum absolute atomic E-state index is 0.330. The third-order valence-electron chi connectivity index (χ3n) is 2.77. The van der Waals surface area contributed by atoms with Crippen molar-refractivity contribution in [3.05, 3.63) is 71.5 Å². The topological polar surface area (TPSA) is 35.0 Å². The summed E-state index contributed by atoms with van der Waals surface area (Å²) in [6.07, 6.45) is 3.32. The van der Waals surface area contributed by atoms with E-state index >= 15 is 0 Å². The third kappa shape index (κ3) is 2.86. The molecule has 3 rings (SSSR count). The van der Waals surface area contributed by atoms with Crippen LogP contribution in [0.15, 0.2) is 71.5 Å². The average Bonchev–Trinajstić information content (AvgIpc) is 2.51. The van der Waals surface area contributed by atoms with E-state index < -0.39 is 0 Å². The lowest BCUT2D eigenvalue weighted by atomic mass is 10.1. The van der Waals surface area contributed by atoms with E-state index in [4.69, 9.17) is 4.74 Å². The maximum atomic E-state index is 5.78. The van der Waals surface area contributed by atoms with Crippen LogP contribution >= 0.6 is 15.9 Å². The normalized spacial score (nSPS) is 10.2. The van der Waals surface area contributed by atoms with E-state index in [0.29, 0.717) is 6.01 Å². The van der Waals surface area contributed by atoms with E-state index in [9.17, 15) is 0 Å². The van der Waals surface area contributed by atoms with Gasteiger partial charge < -0.3 is 4.74 Å². The highest BCUT2D eigenvalue weighted by Crippen LogP contribution is 2.31. The van der Waals surface area contributed by atoms with Crippen LogP contribution in [0.4, 0.5) is 0 Å². The zero-order valence-electron chi connectivity index (χ0n) is 10.5. The van der Waals surface area contributed by atoms with E-state index in [0.717, 1.165) is 21.3 Å². The number of halogens is 1. The summed E-state index contributed by atoms with van der Waals surface area (Å²) in [5, 5.41) is 0. The molecular formula is C16H11BrN2O. The van der Waals surface area contributed by atoms with E-state index in [1.165, 1.54) is 0 Å². The first-order valence-electron chi connectivity index (χ1n) is 6.13. The van der Waals surface area contributed by atoms with Gasteiger partial charge >= 0.3 is 6.01 Å². The monoisotopic (exact) mass is 326 g/mol. The molecule has 2 aromatic carbocycles. The van der Waals surface area contributed by atoms with Crippen molar-refractivity contribution < 1.29 is 4.74 Å². The molecule has 0 N–H and O–H groups in total. The first kappa shape index (κ1) is 12.8. The van der Waals surface area contributed by atoms with Crippen LogP contribution in [0.25, 0.3) is 11.1 Å². The number of hydrogen-bond acceptors (Lipinski definition) is 3. The molecule has 0 spiro atoms. The molecule has 98 valence electrons. The SMILES string of the molecule is Brc1cnc(Oc2ccccc2-c2ccccc2)nc1. The van der Waals surface area contributed by atoms with Crippen LogP contribution in [-0.4, -0.2) is 9.97 Å². The molecule has 3 aromatic rings. The predicted octanol–water partition coefficient (Wildman–Crippen LogP) is 4.70. The second-order valence-electron chi connectivity index (χ2n) is 4.15. The van der Waals surface area contributed by atoms with Crippen molar-refractivity contribution in [1.82, 2.24) is 9.97 Å². The molecular weight excluding hydrogens is 316 g/mol. The minimum atomic E-state index is 0.330. The fourth-order valence-electron chi connectivity index (χ4n) is 1.86. The fourth-order valence-corrected chi connectivity index (χ4v) is 2.07. The lowest BCUT2D eigenvalue weighted by Crippen LogP contribution is -1.92. The van der Waals surface area contributed by atoms with E-state index in [-0.39, 0.29) is 0 Å². The molecule has 0 aliphatic rings. The highest BCUT2D eigenvalue weighted by molar-refractivity contribution is 9.10. The maximum Gasteiger partial charge on any atom is 0.321 e. The van der Waals surface area contributed by atoms with Crippen LogP contribution in [0.5, 0.6) is 11.8 Å². The Hall–Kier alpha value is -2.20. The van der Waals surface area contributed by atoms with Gasteiger partial charge in [0.1, 0.15) is 5.75 Å². The number of hydrogen-bond donors (Lipinski definition) is 0. The molecule has 0 bridgehead atoms. The van der Waals surface area contributed by atoms with Gasteiger partial charge in [-0.15, -0.1) is 0 Å². The van der Waals surface area contributed by atoms with E-state index in [2.05, 4.69) is 25.9 Å². The minimum Gasteiger partial charge on any atom is -0.424 e. The second-order valence-corrected chi connectivity index (χ2v) is 5.06. The lowest BCUT2D eigenvalue weighted by Gasteiger charge is -2.09. The highest BCUT2D eigenvalue weighted by atomic mass is 79.9. The smallest absolute Gasteiger partial charge is 0.321 e. The van der Waals surface area contributed by atoms with Gasteiger partial charge in [-0.2, -0.15) is 0 Å². The molecule has 0 unspecified atom stereocenters. The van der Waals surface area contributed by atoms with Gasteiger partial charge in [0, 0.05) is 18.0 Å². The first-order chi connectivity index (χ1) is 9.83. The summed E-state index contributed by atoms with van der Waals surface area (Å²) >= 11 is 3.30. The molecule has 0 radical (unpaired) electrons. The molecule has 3 nitrogen and oxygen atoms in total. The summed E-state index contributed by atoms with van der Waals surface area (Å²) in [6.45, 7) is 0. The highest BCUT2D eigenvalue weighted by Gasteiger charge is 2.07. The van der Waals surface area contributed by atoms with Crippen LogP contribution in [0.2, 0.25) is 0 Å². The maximum absolute atomic E-state index is 5.78. The predicted molar refractivity (Wildman–Crippen MR) is 81.7 cm³/mol.